The lowest BCUT2D eigenvalue weighted by Gasteiger charge is -2.49. The average Bonchev–Trinajstić information content (AvgIpc) is 2.96. The third kappa shape index (κ3) is 5.37. The van der Waals surface area contributed by atoms with Gasteiger partial charge in [0.1, 0.15) is 28.8 Å². The maximum Gasteiger partial charge on any atom is 0.433 e. The Morgan fingerprint density at radius 2 is 1.76 bits per heavy atom. The minimum Gasteiger partial charge on any atom is -0.349 e. The second kappa shape index (κ2) is 10.9. The molecule has 1 saturated heterocycles. The summed E-state index contributed by atoms with van der Waals surface area (Å²) >= 11 is 0. The van der Waals surface area contributed by atoms with E-state index < -0.39 is 29.4 Å². The van der Waals surface area contributed by atoms with E-state index in [0.29, 0.717) is 47.5 Å². The topological polar surface area (TPSA) is 90.9 Å². The molecule has 0 amide bonds. The highest BCUT2D eigenvalue weighted by Gasteiger charge is 2.38. The Bertz CT molecular complexity index is 1660. The van der Waals surface area contributed by atoms with Gasteiger partial charge in [0.25, 0.3) is 0 Å². The first-order chi connectivity index (χ1) is 19.5. The van der Waals surface area contributed by atoms with Crippen LogP contribution >= 0.6 is 0 Å². The first kappa shape index (κ1) is 28.2. The Morgan fingerprint density at radius 1 is 1.05 bits per heavy atom. The predicted molar refractivity (Wildman–Crippen MR) is 145 cm³/mol. The van der Waals surface area contributed by atoms with Crippen LogP contribution in [-0.2, 0) is 13.2 Å². The Hall–Kier alpha value is -4.37. The van der Waals surface area contributed by atoms with Crippen LogP contribution in [0.2, 0.25) is 0 Å². The number of nitrogens with zero attached hydrogens (tertiary/aromatic N) is 7. The van der Waals surface area contributed by atoms with Crippen molar-refractivity contribution in [2.24, 2.45) is 7.05 Å². The average molecular weight is 566 g/mol. The van der Waals surface area contributed by atoms with Crippen molar-refractivity contribution in [2.45, 2.75) is 44.6 Å². The summed E-state index contributed by atoms with van der Waals surface area (Å²) in [5.74, 6) is -0.0450. The quantitative estimate of drug-likeness (QED) is 0.320. The van der Waals surface area contributed by atoms with Crippen molar-refractivity contribution in [3.63, 3.8) is 0 Å². The van der Waals surface area contributed by atoms with Gasteiger partial charge in [-0.1, -0.05) is 25.1 Å². The van der Waals surface area contributed by atoms with Crippen LogP contribution in [0.3, 0.4) is 0 Å². The van der Waals surface area contributed by atoms with Crippen molar-refractivity contribution in [3.8, 4) is 6.07 Å². The van der Waals surface area contributed by atoms with E-state index in [4.69, 9.17) is 0 Å². The van der Waals surface area contributed by atoms with Crippen molar-refractivity contribution in [2.75, 3.05) is 18.0 Å². The van der Waals surface area contributed by atoms with E-state index in [9.17, 15) is 27.6 Å². The number of piperazine rings is 1. The van der Waals surface area contributed by atoms with Gasteiger partial charge in [-0.3, -0.25) is 14.5 Å². The summed E-state index contributed by atoms with van der Waals surface area (Å²) < 4.78 is 55.0. The Kier molecular flexibility index (Phi) is 7.48. The summed E-state index contributed by atoms with van der Waals surface area (Å²) in [6.45, 7) is 4.83. The molecule has 12 heteroatoms. The summed E-state index contributed by atoms with van der Waals surface area (Å²) in [6.07, 6.45) is -2.68. The van der Waals surface area contributed by atoms with E-state index in [1.165, 1.54) is 29.0 Å². The number of rotatable bonds is 5. The number of nitriles is 1. The fourth-order valence-electron chi connectivity index (χ4n) is 5.47. The van der Waals surface area contributed by atoms with E-state index in [1.807, 2.05) is 24.8 Å². The van der Waals surface area contributed by atoms with Crippen molar-refractivity contribution in [1.29, 1.82) is 5.26 Å². The van der Waals surface area contributed by atoms with Crippen molar-refractivity contribution in [1.82, 2.24) is 24.4 Å². The first-order valence-electron chi connectivity index (χ1n) is 13.1. The second-order valence-electron chi connectivity index (χ2n) is 10.1. The SMILES string of the molecule is CCC1CN(c2nc(=O)n(C)c3ccc(C#N)nc23)[C@@H](C)CN1C(c1ccc(F)cc1)c1ccc(C(F)(F)F)nc1. The molecule has 0 aliphatic carbocycles. The highest BCUT2D eigenvalue weighted by molar-refractivity contribution is 5.86. The van der Waals surface area contributed by atoms with E-state index >= 15 is 0 Å². The van der Waals surface area contributed by atoms with Gasteiger partial charge in [0.2, 0.25) is 0 Å². The molecule has 0 bridgehead atoms. The standard InChI is InChI=1S/C29H27F4N7O/c1-4-22-16-39(27-25-23(38(3)28(41)37-27)11-10-21(13-34)36-25)17(2)15-40(22)26(18-5-8-20(30)9-6-18)19-7-12-24(35-14-19)29(31,32)33/h5-12,14,17,22,26H,4,15-16H2,1-3H3/t17-,22?,26?/m0/s1. The third-order valence-corrected chi connectivity index (χ3v) is 7.59. The number of hydrogen-bond acceptors (Lipinski definition) is 7. The second-order valence-corrected chi connectivity index (χ2v) is 10.1. The predicted octanol–water partition coefficient (Wildman–Crippen LogP) is 4.83. The lowest BCUT2D eigenvalue weighted by Crippen LogP contribution is -2.58. The minimum atomic E-state index is -4.57. The molecule has 1 aliphatic rings. The van der Waals surface area contributed by atoms with Gasteiger partial charge in [0, 0.05) is 38.4 Å². The van der Waals surface area contributed by atoms with Crippen LogP contribution in [0.5, 0.6) is 0 Å². The van der Waals surface area contributed by atoms with E-state index in [1.54, 1.807) is 31.3 Å². The van der Waals surface area contributed by atoms with E-state index in [-0.39, 0.29) is 17.8 Å². The van der Waals surface area contributed by atoms with Gasteiger partial charge in [-0.15, -0.1) is 0 Å². The zero-order valence-electron chi connectivity index (χ0n) is 22.6. The molecule has 5 rings (SSSR count). The smallest absolute Gasteiger partial charge is 0.349 e. The normalized spacial score (nSPS) is 18.8. The van der Waals surface area contributed by atoms with Crippen LogP contribution in [0.25, 0.3) is 11.0 Å². The van der Waals surface area contributed by atoms with Crippen LogP contribution in [0.4, 0.5) is 23.4 Å². The third-order valence-electron chi connectivity index (χ3n) is 7.59. The van der Waals surface area contributed by atoms with Crippen LogP contribution < -0.4 is 10.6 Å². The van der Waals surface area contributed by atoms with Crippen molar-refractivity contribution < 1.29 is 17.6 Å². The van der Waals surface area contributed by atoms with Crippen LogP contribution in [-0.4, -0.2) is 49.6 Å². The van der Waals surface area contributed by atoms with Gasteiger partial charge in [-0.05, 0) is 54.8 Å². The van der Waals surface area contributed by atoms with Crippen LogP contribution in [0.1, 0.15) is 48.8 Å². The Morgan fingerprint density at radius 3 is 2.37 bits per heavy atom. The zero-order valence-corrected chi connectivity index (χ0v) is 22.6. The van der Waals surface area contributed by atoms with Gasteiger partial charge in [0.05, 0.1) is 11.6 Å². The monoisotopic (exact) mass is 565 g/mol. The Balaban J connectivity index is 1.57. The summed E-state index contributed by atoms with van der Waals surface area (Å²) in [5.41, 5.74) is 0.985. The molecule has 0 spiro atoms. The molecule has 8 nitrogen and oxygen atoms in total. The molecule has 4 heterocycles. The lowest BCUT2D eigenvalue weighted by atomic mass is 9.93. The number of anilines is 1. The number of pyridine rings is 2. The van der Waals surface area contributed by atoms with Crippen molar-refractivity contribution in [3.05, 3.63) is 93.5 Å². The molecule has 212 valence electrons. The molecule has 1 aromatic carbocycles. The number of halogens is 4. The van der Waals surface area contributed by atoms with Crippen LogP contribution in [0, 0.1) is 17.1 Å². The van der Waals surface area contributed by atoms with Crippen LogP contribution in [0.15, 0.2) is 59.5 Å². The minimum absolute atomic E-state index is 0.136. The number of benzene rings is 1. The number of aryl methyl sites for hydroxylation is 1. The van der Waals surface area contributed by atoms with Gasteiger partial charge in [-0.25, -0.2) is 14.2 Å². The maximum absolute atomic E-state index is 13.8. The number of hydrogen-bond donors (Lipinski definition) is 0. The maximum atomic E-state index is 13.8. The molecule has 0 N–H and O–H groups in total. The first-order valence-corrected chi connectivity index (χ1v) is 13.1. The molecule has 4 aromatic rings. The molecule has 3 atom stereocenters. The fourth-order valence-corrected chi connectivity index (χ4v) is 5.47. The molecule has 2 unspecified atom stereocenters. The highest BCUT2D eigenvalue weighted by atomic mass is 19.4. The largest absolute Gasteiger partial charge is 0.433 e. The number of aromatic nitrogens is 4. The summed E-state index contributed by atoms with van der Waals surface area (Å²) in [4.78, 5) is 29.4. The van der Waals surface area contributed by atoms with E-state index in [0.717, 1.165) is 6.07 Å². The lowest BCUT2D eigenvalue weighted by molar-refractivity contribution is -0.141. The van der Waals surface area contributed by atoms with Crippen molar-refractivity contribution >= 4 is 16.9 Å². The zero-order chi connectivity index (χ0) is 29.5. The Labute approximate surface area is 233 Å². The van der Waals surface area contributed by atoms with Gasteiger partial charge in [0.15, 0.2) is 5.82 Å². The molecule has 41 heavy (non-hydrogen) atoms. The van der Waals surface area contributed by atoms with Gasteiger partial charge < -0.3 is 4.90 Å². The molecule has 0 radical (unpaired) electrons. The number of alkyl halides is 3. The molecule has 3 aromatic heterocycles. The molecule has 1 aliphatic heterocycles. The summed E-state index contributed by atoms with van der Waals surface area (Å²) in [6, 6.07) is 12.7. The summed E-state index contributed by atoms with van der Waals surface area (Å²) in [5, 5.41) is 9.43. The fraction of sp³-hybridized carbons (Fsp3) is 0.345. The van der Waals surface area contributed by atoms with Gasteiger partial charge >= 0.3 is 11.9 Å². The molecule has 0 saturated carbocycles. The number of fused-ring (bicyclic) bond motifs is 1. The molecular weight excluding hydrogens is 538 g/mol. The summed E-state index contributed by atoms with van der Waals surface area (Å²) in [7, 11) is 1.59. The molecular formula is C29H27F4N7O. The molecule has 1 fully saturated rings. The highest BCUT2D eigenvalue weighted by Crippen LogP contribution is 2.37. The van der Waals surface area contributed by atoms with E-state index in [2.05, 4.69) is 19.9 Å². The van der Waals surface area contributed by atoms with Gasteiger partial charge in [-0.2, -0.15) is 23.4 Å².